The summed E-state index contributed by atoms with van der Waals surface area (Å²) < 4.78 is 7.94. The fourth-order valence-electron chi connectivity index (χ4n) is 4.36. The van der Waals surface area contributed by atoms with Crippen molar-refractivity contribution in [2.24, 2.45) is 0 Å². The van der Waals surface area contributed by atoms with Crippen LogP contribution in [-0.2, 0) is 6.61 Å². The molecule has 6 nitrogen and oxygen atoms in total. The van der Waals surface area contributed by atoms with Crippen LogP contribution in [0.5, 0.6) is 5.75 Å². The van der Waals surface area contributed by atoms with Gasteiger partial charge < -0.3 is 18.9 Å². The standard InChI is InChI=1S/C27H28N4O2/c1-20-8-13-26-28-23(17-30(26)16-20)19-33-24-11-9-22(10-12-24)27(32)31-15-14-29(2)18-25(31)21-6-4-3-5-7-21/h3-13,16-17,25H,14-15,18-19H2,1-2H3. The van der Waals surface area contributed by atoms with E-state index >= 15 is 0 Å². The monoisotopic (exact) mass is 440 g/mol. The Morgan fingerprint density at radius 1 is 1.00 bits per heavy atom. The minimum Gasteiger partial charge on any atom is -0.487 e. The summed E-state index contributed by atoms with van der Waals surface area (Å²) in [6.45, 7) is 4.84. The third-order valence-electron chi connectivity index (χ3n) is 6.17. The van der Waals surface area contributed by atoms with Crippen molar-refractivity contribution in [3.05, 3.63) is 102 Å². The number of rotatable bonds is 5. The number of likely N-dealkylation sites (N-methyl/N-ethyl adjacent to an activating group) is 1. The lowest BCUT2D eigenvalue weighted by atomic mass is 10.0. The zero-order chi connectivity index (χ0) is 22.8. The highest BCUT2D eigenvalue weighted by atomic mass is 16.5. The van der Waals surface area contributed by atoms with Gasteiger partial charge in [-0.25, -0.2) is 4.98 Å². The summed E-state index contributed by atoms with van der Waals surface area (Å²) >= 11 is 0. The van der Waals surface area contributed by atoms with E-state index in [9.17, 15) is 4.79 Å². The first-order valence-electron chi connectivity index (χ1n) is 11.3. The lowest BCUT2D eigenvalue weighted by molar-refractivity contribution is 0.0498. The molecule has 0 saturated carbocycles. The van der Waals surface area contributed by atoms with Crippen molar-refractivity contribution in [2.75, 3.05) is 26.7 Å². The number of amides is 1. The van der Waals surface area contributed by atoms with E-state index in [0.29, 0.717) is 18.7 Å². The van der Waals surface area contributed by atoms with Gasteiger partial charge in [0.1, 0.15) is 18.0 Å². The second kappa shape index (κ2) is 9.08. The van der Waals surface area contributed by atoms with Gasteiger partial charge in [0.2, 0.25) is 0 Å². The van der Waals surface area contributed by atoms with Crippen LogP contribution in [0, 0.1) is 6.92 Å². The Morgan fingerprint density at radius 3 is 2.58 bits per heavy atom. The van der Waals surface area contributed by atoms with Crippen molar-refractivity contribution in [1.29, 1.82) is 0 Å². The number of imidazole rings is 1. The van der Waals surface area contributed by atoms with Crippen molar-refractivity contribution in [3.8, 4) is 5.75 Å². The number of ether oxygens (including phenoxy) is 1. The molecule has 6 heteroatoms. The van der Waals surface area contributed by atoms with Crippen LogP contribution in [0.1, 0.15) is 33.2 Å². The van der Waals surface area contributed by atoms with Crippen LogP contribution in [0.2, 0.25) is 0 Å². The van der Waals surface area contributed by atoms with E-state index in [0.717, 1.165) is 30.2 Å². The van der Waals surface area contributed by atoms with E-state index in [2.05, 4.69) is 36.0 Å². The average molecular weight is 441 g/mol. The van der Waals surface area contributed by atoms with Crippen molar-refractivity contribution < 1.29 is 9.53 Å². The second-order valence-electron chi connectivity index (χ2n) is 8.70. The Kier molecular flexibility index (Phi) is 5.84. The summed E-state index contributed by atoms with van der Waals surface area (Å²) in [5.41, 5.74) is 4.79. The molecule has 5 rings (SSSR count). The maximum absolute atomic E-state index is 13.4. The summed E-state index contributed by atoms with van der Waals surface area (Å²) in [6.07, 6.45) is 4.03. The topological polar surface area (TPSA) is 50.1 Å². The molecule has 0 radical (unpaired) electrons. The molecule has 0 spiro atoms. The fraction of sp³-hybridized carbons (Fsp3) is 0.259. The first-order chi connectivity index (χ1) is 16.1. The minimum absolute atomic E-state index is 0.0482. The molecule has 0 aliphatic carbocycles. The summed E-state index contributed by atoms with van der Waals surface area (Å²) in [4.78, 5) is 22.2. The molecule has 1 fully saturated rings. The molecular formula is C27H28N4O2. The maximum atomic E-state index is 13.4. The lowest BCUT2D eigenvalue weighted by Gasteiger charge is -2.40. The number of aryl methyl sites for hydroxylation is 1. The Morgan fingerprint density at radius 2 is 1.79 bits per heavy atom. The molecule has 1 atom stereocenters. The van der Waals surface area contributed by atoms with E-state index in [1.165, 1.54) is 11.1 Å². The molecule has 168 valence electrons. The summed E-state index contributed by atoms with van der Waals surface area (Å²) in [5, 5.41) is 0. The van der Waals surface area contributed by atoms with Crippen LogP contribution in [-0.4, -0.2) is 51.8 Å². The van der Waals surface area contributed by atoms with Gasteiger partial charge in [0.25, 0.3) is 5.91 Å². The van der Waals surface area contributed by atoms with Crippen LogP contribution in [0.4, 0.5) is 0 Å². The maximum Gasteiger partial charge on any atom is 0.254 e. The molecule has 33 heavy (non-hydrogen) atoms. The predicted octanol–water partition coefficient (Wildman–Crippen LogP) is 4.35. The van der Waals surface area contributed by atoms with Gasteiger partial charge in [0.15, 0.2) is 0 Å². The van der Waals surface area contributed by atoms with Crippen LogP contribution < -0.4 is 4.74 Å². The van der Waals surface area contributed by atoms with Gasteiger partial charge in [0, 0.05) is 37.6 Å². The average Bonchev–Trinajstić information content (AvgIpc) is 3.25. The number of carbonyl (C=O) groups is 1. The predicted molar refractivity (Wildman–Crippen MR) is 128 cm³/mol. The van der Waals surface area contributed by atoms with Crippen molar-refractivity contribution >= 4 is 11.6 Å². The Bertz CT molecular complexity index is 1250. The molecule has 4 aromatic rings. The molecule has 1 aliphatic rings. The summed E-state index contributed by atoms with van der Waals surface area (Å²) in [5.74, 6) is 0.775. The van der Waals surface area contributed by atoms with Crippen LogP contribution in [0.3, 0.4) is 0 Å². The van der Waals surface area contributed by atoms with Gasteiger partial charge in [-0.15, -0.1) is 0 Å². The molecule has 1 aliphatic heterocycles. The highest BCUT2D eigenvalue weighted by molar-refractivity contribution is 5.94. The van der Waals surface area contributed by atoms with Crippen LogP contribution in [0.25, 0.3) is 5.65 Å². The molecule has 1 amide bonds. The van der Waals surface area contributed by atoms with E-state index < -0.39 is 0 Å². The molecule has 2 aromatic heterocycles. The zero-order valence-electron chi connectivity index (χ0n) is 19.0. The lowest BCUT2D eigenvalue weighted by Crippen LogP contribution is -2.49. The number of benzene rings is 2. The Labute approximate surface area is 194 Å². The quantitative estimate of drug-likeness (QED) is 0.463. The normalized spacial score (nSPS) is 16.8. The summed E-state index contributed by atoms with van der Waals surface area (Å²) in [6, 6.07) is 21.8. The second-order valence-corrected chi connectivity index (χ2v) is 8.70. The van der Waals surface area contributed by atoms with Gasteiger partial charge >= 0.3 is 0 Å². The first kappa shape index (κ1) is 21.2. The molecular weight excluding hydrogens is 412 g/mol. The number of hydrogen-bond acceptors (Lipinski definition) is 4. The largest absolute Gasteiger partial charge is 0.487 e. The number of nitrogens with zero attached hydrogens (tertiary/aromatic N) is 4. The SMILES string of the molecule is Cc1ccc2nc(COc3ccc(C(=O)N4CCN(C)CC4c4ccccc4)cc3)cn2c1. The van der Waals surface area contributed by atoms with E-state index in [-0.39, 0.29) is 11.9 Å². The minimum atomic E-state index is 0.0482. The number of pyridine rings is 1. The highest BCUT2D eigenvalue weighted by Crippen LogP contribution is 2.27. The molecule has 2 aromatic carbocycles. The molecule has 1 saturated heterocycles. The van der Waals surface area contributed by atoms with E-state index in [1.807, 2.05) is 76.3 Å². The number of fused-ring (bicyclic) bond motifs is 1. The zero-order valence-corrected chi connectivity index (χ0v) is 19.0. The van der Waals surface area contributed by atoms with Crippen molar-refractivity contribution in [3.63, 3.8) is 0 Å². The number of piperazine rings is 1. The third-order valence-corrected chi connectivity index (χ3v) is 6.17. The Balaban J connectivity index is 1.27. The number of hydrogen-bond donors (Lipinski definition) is 0. The van der Waals surface area contributed by atoms with E-state index in [4.69, 9.17) is 4.74 Å². The fourth-order valence-corrected chi connectivity index (χ4v) is 4.36. The third kappa shape index (κ3) is 4.61. The van der Waals surface area contributed by atoms with Crippen LogP contribution >= 0.6 is 0 Å². The van der Waals surface area contributed by atoms with Gasteiger partial charge in [-0.3, -0.25) is 4.79 Å². The van der Waals surface area contributed by atoms with E-state index in [1.54, 1.807) is 0 Å². The first-order valence-corrected chi connectivity index (χ1v) is 11.3. The van der Waals surface area contributed by atoms with Crippen LogP contribution in [0.15, 0.2) is 79.1 Å². The smallest absolute Gasteiger partial charge is 0.254 e. The molecule has 0 N–H and O–H groups in total. The van der Waals surface area contributed by atoms with Crippen molar-refractivity contribution in [2.45, 2.75) is 19.6 Å². The van der Waals surface area contributed by atoms with Gasteiger partial charge in [0.05, 0.1) is 11.7 Å². The summed E-state index contributed by atoms with van der Waals surface area (Å²) in [7, 11) is 2.11. The molecule has 1 unspecified atom stereocenters. The highest BCUT2D eigenvalue weighted by Gasteiger charge is 2.30. The number of aromatic nitrogens is 2. The van der Waals surface area contributed by atoms with Gasteiger partial charge in [-0.05, 0) is 55.4 Å². The van der Waals surface area contributed by atoms with Crippen molar-refractivity contribution in [1.82, 2.24) is 19.2 Å². The molecule has 3 heterocycles. The van der Waals surface area contributed by atoms with Gasteiger partial charge in [-0.2, -0.15) is 0 Å². The molecule has 0 bridgehead atoms. The Hall–Kier alpha value is -3.64. The van der Waals surface area contributed by atoms with Gasteiger partial charge in [-0.1, -0.05) is 36.4 Å². The number of carbonyl (C=O) groups excluding carboxylic acids is 1.